The van der Waals surface area contributed by atoms with Crippen LogP contribution in [0.1, 0.15) is 11.7 Å². The minimum Gasteiger partial charge on any atom is -0.446 e. The molecule has 34 heavy (non-hydrogen) atoms. The molecule has 1 amide bonds. The largest absolute Gasteiger partial charge is 0.446 e. The predicted molar refractivity (Wildman–Crippen MR) is 115 cm³/mol. The number of cyclic esters (lactones) is 1. The molecule has 5 heterocycles. The van der Waals surface area contributed by atoms with Gasteiger partial charge in [-0.2, -0.15) is 10.2 Å². The number of nitrogens with one attached hydrogen (secondary N) is 1. The molecule has 6 rings (SSSR count). The normalized spacial score (nSPS) is 15.8. The molecule has 5 aromatic rings. The number of hydrogen-bond acceptors (Lipinski definition) is 7. The van der Waals surface area contributed by atoms with Crippen molar-refractivity contribution >= 4 is 17.6 Å². The number of pyridine rings is 1. The van der Waals surface area contributed by atoms with Crippen molar-refractivity contribution in [1.82, 2.24) is 34.8 Å². The number of carbonyl (C=O) groups excluding carboxylic acids is 1. The highest BCUT2D eigenvalue weighted by atomic mass is 19.1. The number of aromatic nitrogens is 7. The number of ether oxygens (including phenoxy) is 1. The maximum Gasteiger partial charge on any atom is 0.416 e. The zero-order valence-electron chi connectivity index (χ0n) is 17.3. The minimum absolute atomic E-state index is 0.0464. The maximum atomic E-state index is 14.8. The molecule has 1 fully saturated rings. The molecule has 0 saturated carbocycles. The lowest BCUT2D eigenvalue weighted by atomic mass is 10.1. The molecule has 1 aliphatic rings. The summed E-state index contributed by atoms with van der Waals surface area (Å²) in [6.07, 6.45) is 4.99. The van der Waals surface area contributed by atoms with Gasteiger partial charge in [0.15, 0.2) is 11.5 Å². The Kier molecular flexibility index (Phi) is 4.50. The Bertz CT molecular complexity index is 1520. The van der Waals surface area contributed by atoms with Crippen LogP contribution in [-0.2, 0) is 4.74 Å². The molecule has 0 spiro atoms. The molecule has 0 bridgehead atoms. The van der Waals surface area contributed by atoms with Gasteiger partial charge in [0.2, 0.25) is 0 Å². The van der Waals surface area contributed by atoms with Crippen LogP contribution >= 0.6 is 0 Å². The van der Waals surface area contributed by atoms with Crippen LogP contribution < -0.4 is 4.90 Å². The van der Waals surface area contributed by atoms with E-state index in [1.54, 1.807) is 30.6 Å². The van der Waals surface area contributed by atoms with Gasteiger partial charge in [-0.15, -0.1) is 0 Å². The molecule has 1 aliphatic heterocycles. The van der Waals surface area contributed by atoms with Crippen LogP contribution in [-0.4, -0.2) is 47.5 Å². The number of benzene rings is 1. The number of anilines is 1. The van der Waals surface area contributed by atoms with E-state index in [9.17, 15) is 13.6 Å². The second-order valence-electron chi connectivity index (χ2n) is 7.50. The average Bonchev–Trinajstić information content (AvgIpc) is 3.59. The molecule has 1 aromatic carbocycles. The Morgan fingerprint density at radius 1 is 1.06 bits per heavy atom. The fourth-order valence-electron chi connectivity index (χ4n) is 3.88. The fourth-order valence-corrected chi connectivity index (χ4v) is 3.88. The third kappa shape index (κ3) is 3.23. The molecule has 168 valence electrons. The first kappa shape index (κ1) is 19.9. The number of fused-ring (bicyclic) bond motifs is 1. The summed E-state index contributed by atoms with van der Waals surface area (Å²) in [5.74, 6) is -0.357. The SMILES string of the molecule is O=C1OCC(c2ccc(F)cn2)N1c1ccn2ncc(-c3ccc(-c4ncn[nH]4)c(F)c3)c2n1. The number of aromatic amines is 1. The highest BCUT2D eigenvalue weighted by molar-refractivity contribution is 5.90. The third-order valence-corrected chi connectivity index (χ3v) is 5.52. The summed E-state index contributed by atoms with van der Waals surface area (Å²) < 4.78 is 34.9. The first-order chi connectivity index (χ1) is 16.6. The molecule has 12 heteroatoms. The summed E-state index contributed by atoms with van der Waals surface area (Å²) >= 11 is 0. The van der Waals surface area contributed by atoms with Gasteiger partial charge in [0.25, 0.3) is 0 Å². The quantitative estimate of drug-likeness (QED) is 0.436. The summed E-state index contributed by atoms with van der Waals surface area (Å²) in [5.41, 5.74) is 2.26. The first-order valence-electron chi connectivity index (χ1n) is 10.2. The van der Waals surface area contributed by atoms with E-state index < -0.39 is 23.8 Å². The zero-order chi connectivity index (χ0) is 23.2. The standard InChI is InChI=1S/C22H14F2N8O2/c23-13-2-4-17(25-8-13)18-10-34-22(33)32(18)19-5-6-31-21(29-19)15(9-28-31)12-1-3-14(16(24)7-12)20-26-11-27-30-20/h1-9,11,18H,10H2,(H,26,27,30). The maximum absolute atomic E-state index is 14.8. The number of carbonyl (C=O) groups is 1. The van der Waals surface area contributed by atoms with Crippen LogP contribution in [0, 0.1) is 11.6 Å². The van der Waals surface area contributed by atoms with Crippen molar-refractivity contribution < 1.29 is 18.3 Å². The molecule has 1 saturated heterocycles. The van der Waals surface area contributed by atoms with Gasteiger partial charge in [0.05, 0.1) is 23.7 Å². The van der Waals surface area contributed by atoms with E-state index in [-0.39, 0.29) is 12.2 Å². The zero-order valence-corrected chi connectivity index (χ0v) is 17.3. The van der Waals surface area contributed by atoms with Gasteiger partial charge in [-0.3, -0.25) is 10.1 Å². The summed E-state index contributed by atoms with van der Waals surface area (Å²) in [4.78, 5) is 26.5. The van der Waals surface area contributed by atoms with Gasteiger partial charge >= 0.3 is 6.09 Å². The Morgan fingerprint density at radius 2 is 1.97 bits per heavy atom. The molecular weight excluding hydrogens is 446 g/mol. The monoisotopic (exact) mass is 460 g/mol. The van der Waals surface area contributed by atoms with Crippen molar-refractivity contribution in [2.24, 2.45) is 0 Å². The summed E-state index contributed by atoms with van der Waals surface area (Å²) in [5, 5.41) is 10.7. The van der Waals surface area contributed by atoms with Crippen LogP contribution in [0.5, 0.6) is 0 Å². The van der Waals surface area contributed by atoms with E-state index in [1.807, 2.05) is 0 Å². The van der Waals surface area contributed by atoms with E-state index in [4.69, 9.17) is 4.74 Å². The molecular formula is C22H14F2N8O2. The smallest absolute Gasteiger partial charge is 0.416 e. The lowest BCUT2D eigenvalue weighted by molar-refractivity contribution is 0.178. The van der Waals surface area contributed by atoms with E-state index in [1.165, 1.54) is 33.9 Å². The van der Waals surface area contributed by atoms with Gasteiger partial charge < -0.3 is 4.74 Å². The number of H-pyrrole nitrogens is 1. The van der Waals surface area contributed by atoms with Crippen molar-refractivity contribution in [3.05, 3.63) is 78.6 Å². The number of rotatable bonds is 4. The average molecular weight is 460 g/mol. The Morgan fingerprint density at radius 3 is 2.74 bits per heavy atom. The van der Waals surface area contributed by atoms with E-state index in [0.29, 0.717) is 34.1 Å². The predicted octanol–water partition coefficient (Wildman–Crippen LogP) is 3.55. The second-order valence-corrected chi connectivity index (χ2v) is 7.50. The van der Waals surface area contributed by atoms with E-state index in [2.05, 4.69) is 30.2 Å². The number of hydrogen-bond donors (Lipinski definition) is 1. The molecule has 4 aromatic heterocycles. The Balaban J connectivity index is 1.40. The summed E-state index contributed by atoms with van der Waals surface area (Å²) in [7, 11) is 0. The lowest BCUT2D eigenvalue weighted by Crippen LogP contribution is -2.28. The molecule has 1 unspecified atom stereocenters. The molecule has 0 radical (unpaired) electrons. The number of amides is 1. The highest BCUT2D eigenvalue weighted by Crippen LogP contribution is 2.33. The second kappa shape index (κ2) is 7.69. The molecule has 10 nitrogen and oxygen atoms in total. The highest BCUT2D eigenvalue weighted by Gasteiger charge is 2.37. The van der Waals surface area contributed by atoms with Crippen molar-refractivity contribution in [3.8, 4) is 22.5 Å². The Hall–Kier alpha value is -4.74. The van der Waals surface area contributed by atoms with Crippen LogP contribution in [0.2, 0.25) is 0 Å². The van der Waals surface area contributed by atoms with Gasteiger partial charge in [-0.05, 0) is 35.9 Å². The van der Waals surface area contributed by atoms with Crippen LogP contribution in [0.25, 0.3) is 28.2 Å². The fraction of sp³-hybridized carbons (Fsp3) is 0.0909. The summed E-state index contributed by atoms with van der Waals surface area (Å²) in [6, 6.07) is 8.48. The topological polar surface area (TPSA) is 114 Å². The number of nitrogens with zero attached hydrogens (tertiary/aromatic N) is 7. The first-order valence-corrected chi connectivity index (χ1v) is 10.2. The van der Waals surface area contributed by atoms with Crippen LogP contribution in [0.4, 0.5) is 19.4 Å². The van der Waals surface area contributed by atoms with Crippen LogP contribution in [0.15, 0.2) is 61.3 Å². The van der Waals surface area contributed by atoms with Gasteiger partial charge in [-0.1, -0.05) is 6.07 Å². The lowest BCUT2D eigenvalue weighted by Gasteiger charge is -2.20. The van der Waals surface area contributed by atoms with Gasteiger partial charge in [0.1, 0.15) is 36.4 Å². The van der Waals surface area contributed by atoms with Gasteiger partial charge in [-0.25, -0.2) is 33.0 Å². The summed E-state index contributed by atoms with van der Waals surface area (Å²) in [6.45, 7) is 0.0464. The Labute approximate surface area is 189 Å². The number of halogens is 2. The van der Waals surface area contributed by atoms with Crippen molar-refractivity contribution in [2.45, 2.75) is 6.04 Å². The van der Waals surface area contributed by atoms with Crippen molar-refractivity contribution in [3.63, 3.8) is 0 Å². The minimum atomic E-state index is -0.600. The molecule has 1 N–H and O–H groups in total. The molecule has 1 atom stereocenters. The van der Waals surface area contributed by atoms with Crippen molar-refractivity contribution in [2.75, 3.05) is 11.5 Å². The third-order valence-electron chi connectivity index (χ3n) is 5.52. The molecule has 0 aliphatic carbocycles. The van der Waals surface area contributed by atoms with Crippen LogP contribution in [0.3, 0.4) is 0 Å². The van der Waals surface area contributed by atoms with E-state index >= 15 is 0 Å². The van der Waals surface area contributed by atoms with Crippen molar-refractivity contribution in [1.29, 1.82) is 0 Å². The van der Waals surface area contributed by atoms with Gasteiger partial charge in [0, 0.05) is 11.8 Å². The van der Waals surface area contributed by atoms with E-state index in [0.717, 1.165) is 6.20 Å².